The molecule has 1 aliphatic heterocycles. The summed E-state index contributed by atoms with van der Waals surface area (Å²) in [7, 11) is 1.86. The number of likely N-dealkylation sites (tertiary alicyclic amines) is 1. The van der Waals surface area contributed by atoms with E-state index in [0.29, 0.717) is 6.04 Å². The molecule has 0 aliphatic carbocycles. The van der Waals surface area contributed by atoms with Gasteiger partial charge in [0.25, 0.3) is 0 Å². The zero-order valence-corrected chi connectivity index (χ0v) is 16.2. The number of benzene rings is 1. The van der Waals surface area contributed by atoms with Gasteiger partial charge in [-0.15, -0.1) is 11.8 Å². The molecule has 0 saturated carbocycles. The van der Waals surface area contributed by atoms with E-state index in [9.17, 15) is 0 Å². The molecule has 0 aromatic heterocycles. The Morgan fingerprint density at radius 2 is 1.96 bits per heavy atom. The van der Waals surface area contributed by atoms with Crippen molar-refractivity contribution in [2.75, 3.05) is 39.0 Å². The van der Waals surface area contributed by atoms with Crippen molar-refractivity contribution < 1.29 is 0 Å². The van der Waals surface area contributed by atoms with E-state index >= 15 is 0 Å². The van der Waals surface area contributed by atoms with Crippen molar-refractivity contribution in [3.8, 4) is 0 Å². The average Bonchev–Trinajstić information content (AvgIpc) is 2.61. The molecule has 0 amide bonds. The first kappa shape index (κ1) is 19.1. The lowest BCUT2D eigenvalue weighted by Gasteiger charge is -2.32. The molecule has 2 N–H and O–H groups in total. The Kier molecular flexibility index (Phi) is 8.47. The smallest absolute Gasteiger partial charge is 0.191 e. The van der Waals surface area contributed by atoms with E-state index in [1.165, 1.54) is 49.4 Å². The normalized spacial score (nSPS) is 17.0. The van der Waals surface area contributed by atoms with E-state index in [4.69, 9.17) is 0 Å². The summed E-state index contributed by atoms with van der Waals surface area (Å²) in [5, 5.41) is 7.02. The summed E-state index contributed by atoms with van der Waals surface area (Å²) in [6, 6.07) is 9.27. The molecule has 1 aliphatic rings. The average molecular weight is 349 g/mol. The molecule has 0 radical (unpaired) electrons. The molecule has 1 heterocycles. The van der Waals surface area contributed by atoms with Crippen molar-refractivity contribution in [2.45, 2.75) is 44.0 Å². The number of nitrogens with zero attached hydrogens (tertiary/aromatic N) is 2. The highest BCUT2D eigenvalue weighted by Gasteiger charge is 2.19. The zero-order valence-electron chi connectivity index (χ0n) is 15.3. The first-order chi connectivity index (χ1) is 11.7. The summed E-state index contributed by atoms with van der Waals surface area (Å²) in [5.74, 6) is 1.98. The maximum atomic E-state index is 4.37. The highest BCUT2D eigenvalue weighted by Crippen LogP contribution is 2.17. The number of aliphatic imine (C=N–C) groups is 1. The summed E-state index contributed by atoms with van der Waals surface area (Å²) in [4.78, 5) is 8.25. The summed E-state index contributed by atoms with van der Waals surface area (Å²) in [6.45, 7) is 8.93. The van der Waals surface area contributed by atoms with Crippen molar-refractivity contribution in [3.63, 3.8) is 0 Å². The second-order valence-corrected chi connectivity index (χ2v) is 7.59. The van der Waals surface area contributed by atoms with Gasteiger partial charge in [0.15, 0.2) is 5.96 Å². The maximum Gasteiger partial charge on any atom is 0.191 e. The fraction of sp³-hybridized carbons (Fsp3) is 0.632. The second kappa shape index (κ2) is 10.6. The molecular formula is C19H32N4S. The SMILES string of the molecule is CCCN1CCC(NC(=NC)NCCSc2ccc(C)cc2)CC1. The van der Waals surface area contributed by atoms with Crippen LogP contribution in [0.25, 0.3) is 0 Å². The Hall–Kier alpha value is -1.20. The van der Waals surface area contributed by atoms with E-state index in [1.54, 1.807) is 0 Å². The second-order valence-electron chi connectivity index (χ2n) is 6.42. The van der Waals surface area contributed by atoms with Crippen LogP contribution in [-0.4, -0.2) is 55.9 Å². The van der Waals surface area contributed by atoms with Crippen LogP contribution in [0.4, 0.5) is 0 Å². The van der Waals surface area contributed by atoms with Crippen LogP contribution in [0.2, 0.25) is 0 Å². The topological polar surface area (TPSA) is 39.7 Å². The lowest BCUT2D eigenvalue weighted by Crippen LogP contribution is -2.49. The van der Waals surface area contributed by atoms with Crippen molar-refractivity contribution in [3.05, 3.63) is 29.8 Å². The number of guanidine groups is 1. The predicted octanol–water partition coefficient (Wildman–Crippen LogP) is 3.13. The van der Waals surface area contributed by atoms with Gasteiger partial charge in [-0.05, 0) is 44.9 Å². The number of piperidine rings is 1. The Morgan fingerprint density at radius 1 is 1.25 bits per heavy atom. The molecule has 5 heteroatoms. The molecule has 0 bridgehead atoms. The lowest BCUT2D eigenvalue weighted by atomic mass is 10.1. The van der Waals surface area contributed by atoms with Crippen molar-refractivity contribution >= 4 is 17.7 Å². The van der Waals surface area contributed by atoms with Gasteiger partial charge in [0, 0.05) is 43.4 Å². The fourth-order valence-corrected chi connectivity index (χ4v) is 3.75. The summed E-state index contributed by atoms with van der Waals surface area (Å²) >= 11 is 1.88. The van der Waals surface area contributed by atoms with Crippen LogP contribution in [-0.2, 0) is 0 Å². The number of hydrogen-bond donors (Lipinski definition) is 2. The molecule has 0 atom stereocenters. The molecule has 134 valence electrons. The third-order valence-electron chi connectivity index (χ3n) is 4.38. The number of thioether (sulfide) groups is 1. The monoisotopic (exact) mass is 348 g/mol. The van der Waals surface area contributed by atoms with Crippen LogP contribution in [0.3, 0.4) is 0 Å². The van der Waals surface area contributed by atoms with Crippen molar-refractivity contribution in [1.82, 2.24) is 15.5 Å². The minimum absolute atomic E-state index is 0.550. The minimum Gasteiger partial charge on any atom is -0.356 e. The molecule has 4 nitrogen and oxygen atoms in total. The van der Waals surface area contributed by atoms with Crippen LogP contribution in [0.1, 0.15) is 31.7 Å². The molecule has 1 saturated heterocycles. The Balaban J connectivity index is 1.63. The molecule has 0 spiro atoms. The quantitative estimate of drug-likeness (QED) is 0.344. The van der Waals surface area contributed by atoms with Gasteiger partial charge in [-0.1, -0.05) is 24.6 Å². The molecule has 0 unspecified atom stereocenters. The van der Waals surface area contributed by atoms with Crippen LogP contribution < -0.4 is 10.6 Å². The van der Waals surface area contributed by atoms with Crippen LogP contribution in [0.15, 0.2) is 34.2 Å². The number of nitrogens with one attached hydrogen (secondary N) is 2. The van der Waals surface area contributed by atoms with Crippen LogP contribution in [0, 0.1) is 6.92 Å². The van der Waals surface area contributed by atoms with Gasteiger partial charge in [0.1, 0.15) is 0 Å². The Labute approximate surface area is 151 Å². The van der Waals surface area contributed by atoms with Gasteiger partial charge in [-0.25, -0.2) is 0 Å². The zero-order chi connectivity index (χ0) is 17.2. The van der Waals surface area contributed by atoms with E-state index in [-0.39, 0.29) is 0 Å². The summed E-state index contributed by atoms with van der Waals surface area (Å²) in [6.07, 6.45) is 3.66. The molecule has 1 aromatic carbocycles. The number of hydrogen-bond acceptors (Lipinski definition) is 3. The van der Waals surface area contributed by atoms with Gasteiger partial charge in [0.05, 0.1) is 0 Å². The molecule has 24 heavy (non-hydrogen) atoms. The van der Waals surface area contributed by atoms with E-state index < -0.39 is 0 Å². The Morgan fingerprint density at radius 3 is 2.58 bits per heavy atom. The highest BCUT2D eigenvalue weighted by molar-refractivity contribution is 7.99. The fourth-order valence-electron chi connectivity index (χ4n) is 2.98. The first-order valence-corrected chi connectivity index (χ1v) is 10.1. The maximum absolute atomic E-state index is 4.37. The van der Waals surface area contributed by atoms with Crippen molar-refractivity contribution in [1.29, 1.82) is 0 Å². The molecular weight excluding hydrogens is 316 g/mol. The van der Waals surface area contributed by atoms with E-state index in [0.717, 1.165) is 18.3 Å². The number of aryl methyl sites for hydroxylation is 1. The van der Waals surface area contributed by atoms with Crippen LogP contribution in [0.5, 0.6) is 0 Å². The van der Waals surface area contributed by atoms with Gasteiger partial charge < -0.3 is 15.5 Å². The molecule has 1 aromatic rings. The highest BCUT2D eigenvalue weighted by atomic mass is 32.2. The number of rotatable bonds is 7. The third kappa shape index (κ3) is 6.73. The Bertz CT molecular complexity index is 493. The van der Waals surface area contributed by atoms with Gasteiger partial charge in [-0.3, -0.25) is 4.99 Å². The van der Waals surface area contributed by atoms with Gasteiger partial charge >= 0.3 is 0 Å². The largest absolute Gasteiger partial charge is 0.356 e. The van der Waals surface area contributed by atoms with Crippen molar-refractivity contribution in [2.24, 2.45) is 4.99 Å². The van der Waals surface area contributed by atoms with Crippen LogP contribution >= 0.6 is 11.8 Å². The molecule has 1 fully saturated rings. The third-order valence-corrected chi connectivity index (χ3v) is 5.39. The standard InChI is InChI=1S/C19H32N4S/c1-4-12-23-13-9-17(10-14-23)22-19(20-3)21-11-15-24-18-7-5-16(2)6-8-18/h5-8,17H,4,9-15H2,1-3H3,(H2,20,21,22). The first-order valence-electron chi connectivity index (χ1n) is 9.10. The summed E-state index contributed by atoms with van der Waals surface area (Å²) in [5.41, 5.74) is 1.31. The van der Waals surface area contributed by atoms with Gasteiger partial charge in [-0.2, -0.15) is 0 Å². The summed E-state index contributed by atoms with van der Waals surface area (Å²) < 4.78 is 0. The van der Waals surface area contributed by atoms with E-state index in [1.807, 2.05) is 18.8 Å². The minimum atomic E-state index is 0.550. The predicted molar refractivity (Wildman–Crippen MR) is 106 cm³/mol. The van der Waals surface area contributed by atoms with E-state index in [2.05, 4.69) is 58.6 Å². The lowest BCUT2D eigenvalue weighted by molar-refractivity contribution is 0.206. The molecule has 2 rings (SSSR count). The van der Waals surface area contributed by atoms with Gasteiger partial charge in [0.2, 0.25) is 0 Å².